The van der Waals surface area contributed by atoms with Crippen molar-refractivity contribution in [1.82, 2.24) is 15.5 Å². The lowest BCUT2D eigenvalue weighted by Gasteiger charge is -2.22. The maximum atomic E-state index is 13.4. The summed E-state index contributed by atoms with van der Waals surface area (Å²) in [6.45, 7) is 0. The number of para-hydroxylation sites is 2. The molecule has 0 spiro atoms. The number of nitrogens with zero attached hydrogens (tertiary/aromatic N) is 1. The molecule has 3 N–H and O–H groups in total. The number of nitrogens with one attached hydrogen (secondary N) is 3. The van der Waals surface area contributed by atoms with Gasteiger partial charge in [-0.2, -0.15) is 5.10 Å². The quantitative estimate of drug-likeness (QED) is 0.593. The van der Waals surface area contributed by atoms with Crippen LogP contribution in [0, 0.1) is 5.82 Å². The molecule has 0 aliphatic heterocycles. The Bertz CT molecular complexity index is 1050. The predicted octanol–water partition coefficient (Wildman–Crippen LogP) is 2.95. The van der Waals surface area contributed by atoms with Crippen LogP contribution in [0.15, 0.2) is 54.7 Å². The predicted molar refractivity (Wildman–Crippen MR) is 104 cm³/mol. The zero-order chi connectivity index (χ0) is 20.2. The summed E-state index contributed by atoms with van der Waals surface area (Å²) in [6.07, 6.45) is 3.87. The molecule has 1 aliphatic rings. The third-order valence-corrected chi connectivity index (χ3v) is 4.72. The zero-order valence-electron chi connectivity index (χ0n) is 15.4. The smallest absolute Gasteiger partial charge is 0.313 e. The molecule has 0 bridgehead atoms. The van der Waals surface area contributed by atoms with Gasteiger partial charge in [0.05, 0.1) is 11.9 Å². The van der Waals surface area contributed by atoms with E-state index in [9.17, 15) is 14.0 Å². The van der Waals surface area contributed by atoms with Crippen LogP contribution in [0.1, 0.15) is 17.7 Å². The van der Waals surface area contributed by atoms with Gasteiger partial charge in [-0.25, -0.2) is 4.39 Å². The van der Waals surface area contributed by atoms with Gasteiger partial charge < -0.3 is 15.4 Å². The van der Waals surface area contributed by atoms with Crippen molar-refractivity contribution in [2.75, 3.05) is 5.32 Å². The van der Waals surface area contributed by atoms with E-state index >= 15 is 0 Å². The molecular weight excluding hydrogens is 375 g/mol. The van der Waals surface area contributed by atoms with Crippen molar-refractivity contribution in [3.63, 3.8) is 0 Å². The number of ether oxygens (including phenoxy) is 1. The third-order valence-electron chi connectivity index (χ3n) is 4.72. The van der Waals surface area contributed by atoms with Gasteiger partial charge >= 0.3 is 11.8 Å². The first-order valence-corrected chi connectivity index (χ1v) is 9.24. The Labute approximate surface area is 166 Å². The summed E-state index contributed by atoms with van der Waals surface area (Å²) in [7, 11) is 0. The summed E-state index contributed by atoms with van der Waals surface area (Å²) in [4.78, 5) is 24.7. The number of halogens is 1. The Morgan fingerprint density at radius 2 is 2.00 bits per heavy atom. The summed E-state index contributed by atoms with van der Waals surface area (Å²) in [5.41, 5.74) is 2.44. The molecular formula is C21H19FN4O3. The number of benzene rings is 2. The van der Waals surface area contributed by atoms with E-state index in [-0.39, 0.29) is 11.8 Å². The molecule has 3 aromatic rings. The van der Waals surface area contributed by atoms with Crippen molar-refractivity contribution in [3.8, 4) is 11.5 Å². The highest BCUT2D eigenvalue weighted by atomic mass is 19.1. The summed E-state index contributed by atoms with van der Waals surface area (Å²) < 4.78 is 19.0. The Morgan fingerprint density at radius 1 is 1.14 bits per heavy atom. The van der Waals surface area contributed by atoms with E-state index in [0.717, 1.165) is 24.1 Å². The van der Waals surface area contributed by atoms with Gasteiger partial charge in [-0.1, -0.05) is 18.2 Å². The van der Waals surface area contributed by atoms with Crippen molar-refractivity contribution in [2.45, 2.75) is 25.3 Å². The number of anilines is 1. The summed E-state index contributed by atoms with van der Waals surface area (Å²) in [5, 5.41) is 12.3. The molecule has 0 fully saturated rings. The Kier molecular flexibility index (Phi) is 5.24. The lowest BCUT2D eigenvalue weighted by Crippen LogP contribution is -2.44. The number of hydrogen-bond donors (Lipinski definition) is 3. The Hall–Kier alpha value is -3.68. The summed E-state index contributed by atoms with van der Waals surface area (Å²) in [5.74, 6) is -1.35. The minimum Gasteiger partial charge on any atom is -0.455 e. The average Bonchev–Trinajstić information content (AvgIpc) is 3.17. The first-order chi connectivity index (χ1) is 14.1. The van der Waals surface area contributed by atoms with Crippen molar-refractivity contribution >= 4 is 17.5 Å². The fraction of sp³-hybridized carbons (Fsp3) is 0.190. The highest BCUT2D eigenvalue weighted by Gasteiger charge is 2.24. The van der Waals surface area contributed by atoms with Crippen LogP contribution in [0.4, 0.5) is 10.1 Å². The van der Waals surface area contributed by atoms with Gasteiger partial charge in [-0.15, -0.1) is 0 Å². The highest BCUT2D eigenvalue weighted by molar-refractivity contribution is 6.39. The number of carbonyl (C=O) groups is 2. The monoisotopic (exact) mass is 394 g/mol. The second kappa shape index (κ2) is 8.14. The van der Waals surface area contributed by atoms with Crippen LogP contribution in [0.25, 0.3) is 0 Å². The second-order valence-electron chi connectivity index (χ2n) is 6.80. The van der Waals surface area contributed by atoms with Gasteiger partial charge in [0.1, 0.15) is 11.6 Å². The third kappa shape index (κ3) is 4.43. The van der Waals surface area contributed by atoms with E-state index in [2.05, 4.69) is 20.8 Å². The van der Waals surface area contributed by atoms with E-state index in [0.29, 0.717) is 17.9 Å². The van der Waals surface area contributed by atoms with Crippen molar-refractivity contribution < 1.29 is 18.7 Å². The normalized spacial score (nSPS) is 15.3. The number of aryl methyl sites for hydroxylation is 1. The lowest BCUT2D eigenvalue weighted by atomic mass is 9.93. The van der Waals surface area contributed by atoms with E-state index < -0.39 is 17.6 Å². The summed E-state index contributed by atoms with van der Waals surface area (Å²) >= 11 is 0. The van der Waals surface area contributed by atoms with Crippen LogP contribution in [-0.2, 0) is 22.4 Å². The number of fused-ring (bicyclic) bond motifs is 1. The molecule has 0 saturated heterocycles. The van der Waals surface area contributed by atoms with Gasteiger partial charge in [0, 0.05) is 17.8 Å². The molecule has 1 aromatic heterocycles. The number of amides is 2. The molecule has 4 rings (SSSR count). The maximum Gasteiger partial charge on any atom is 0.313 e. The highest BCUT2D eigenvalue weighted by Crippen LogP contribution is 2.29. The van der Waals surface area contributed by atoms with Crippen molar-refractivity contribution in [1.29, 1.82) is 0 Å². The maximum absolute atomic E-state index is 13.4. The van der Waals surface area contributed by atoms with Crippen LogP contribution >= 0.6 is 0 Å². The molecule has 1 heterocycles. The Morgan fingerprint density at radius 3 is 2.86 bits per heavy atom. The van der Waals surface area contributed by atoms with Crippen LogP contribution in [0.3, 0.4) is 0 Å². The fourth-order valence-corrected chi connectivity index (χ4v) is 3.29. The van der Waals surface area contributed by atoms with Gasteiger partial charge in [0.15, 0.2) is 5.75 Å². The number of aromatic nitrogens is 2. The average molecular weight is 394 g/mol. The van der Waals surface area contributed by atoms with E-state index in [4.69, 9.17) is 4.74 Å². The minimum atomic E-state index is -0.793. The number of rotatable bonds is 4. The minimum absolute atomic E-state index is 0.128. The first-order valence-electron chi connectivity index (χ1n) is 9.24. The molecule has 0 saturated carbocycles. The van der Waals surface area contributed by atoms with Gasteiger partial charge in [-0.05, 0) is 49.1 Å². The lowest BCUT2D eigenvalue weighted by molar-refractivity contribution is -0.136. The molecule has 7 nitrogen and oxygen atoms in total. The largest absolute Gasteiger partial charge is 0.455 e. The van der Waals surface area contributed by atoms with Crippen LogP contribution in [0.2, 0.25) is 0 Å². The van der Waals surface area contributed by atoms with Crippen LogP contribution in [-0.4, -0.2) is 28.1 Å². The number of carbonyl (C=O) groups excluding carboxylic acids is 2. The van der Waals surface area contributed by atoms with Gasteiger partial charge in [0.25, 0.3) is 0 Å². The molecule has 0 unspecified atom stereocenters. The van der Waals surface area contributed by atoms with E-state index in [1.807, 2.05) is 0 Å². The SMILES string of the molecule is O=C(Nc1ccccc1Oc1cccc(F)c1)C(=O)N[C@@H]1CCc2[nH]ncc2C1. The van der Waals surface area contributed by atoms with Gasteiger partial charge in [-0.3, -0.25) is 14.7 Å². The van der Waals surface area contributed by atoms with E-state index in [1.165, 1.54) is 18.2 Å². The van der Waals surface area contributed by atoms with Crippen LogP contribution in [0.5, 0.6) is 11.5 Å². The van der Waals surface area contributed by atoms with Crippen LogP contribution < -0.4 is 15.4 Å². The number of hydrogen-bond acceptors (Lipinski definition) is 4. The molecule has 2 aromatic carbocycles. The van der Waals surface area contributed by atoms with Crippen molar-refractivity contribution in [2.24, 2.45) is 0 Å². The molecule has 29 heavy (non-hydrogen) atoms. The summed E-state index contributed by atoms with van der Waals surface area (Å²) in [6, 6.07) is 12.2. The second-order valence-corrected chi connectivity index (χ2v) is 6.80. The molecule has 2 amide bonds. The molecule has 0 radical (unpaired) electrons. The standard InChI is InChI=1S/C21H19FN4O3/c22-14-4-3-5-16(11-14)29-19-7-2-1-6-18(19)25-21(28)20(27)24-15-8-9-17-13(10-15)12-23-26-17/h1-7,11-12,15H,8-10H2,(H,23,26)(H,24,27)(H,25,28)/t15-/m1/s1. The number of H-pyrrole nitrogens is 1. The van der Waals surface area contributed by atoms with E-state index in [1.54, 1.807) is 36.5 Å². The molecule has 8 heteroatoms. The first kappa shape index (κ1) is 18.7. The fourth-order valence-electron chi connectivity index (χ4n) is 3.29. The Balaban J connectivity index is 1.40. The number of aromatic amines is 1. The zero-order valence-corrected chi connectivity index (χ0v) is 15.4. The molecule has 1 atom stereocenters. The van der Waals surface area contributed by atoms with Gasteiger partial charge in [0.2, 0.25) is 0 Å². The molecule has 1 aliphatic carbocycles. The topological polar surface area (TPSA) is 96.1 Å². The molecule has 148 valence electrons. The van der Waals surface area contributed by atoms with Crippen molar-refractivity contribution in [3.05, 3.63) is 71.8 Å².